The van der Waals surface area contributed by atoms with E-state index >= 15 is 0 Å². The van der Waals surface area contributed by atoms with Crippen LogP contribution in [-0.4, -0.2) is 30.6 Å². The zero-order valence-electron chi connectivity index (χ0n) is 11.2. The van der Waals surface area contributed by atoms with E-state index in [1.54, 1.807) is 0 Å². The van der Waals surface area contributed by atoms with Gasteiger partial charge in [0.1, 0.15) is 0 Å². The number of rotatable bonds is 4. The van der Waals surface area contributed by atoms with Crippen molar-refractivity contribution >= 4 is 6.03 Å². The van der Waals surface area contributed by atoms with Crippen LogP contribution in [-0.2, 0) is 0 Å². The average molecular weight is 263 g/mol. The molecule has 1 N–H and O–H groups in total. The van der Waals surface area contributed by atoms with E-state index in [0.29, 0.717) is 25.4 Å². The number of nitrogens with one attached hydrogen (secondary N) is 1. The highest BCUT2D eigenvalue weighted by atomic mass is 16.2. The molecular formula is C13H21N5O. The van der Waals surface area contributed by atoms with Gasteiger partial charge in [0.15, 0.2) is 0 Å². The first-order valence-corrected chi connectivity index (χ1v) is 7.09. The highest BCUT2D eigenvalue weighted by Gasteiger charge is 2.29. The van der Waals surface area contributed by atoms with Crippen LogP contribution >= 0.6 is 0 Å². The van der Waals surface area contributed by atoms with Crippen molar-refractivity contribution in [1.29, 1.82) is 0 Å². The Labute approximate surface area is 113 Å². The van der Waals surface area contributed by atoms with Crippen molar-refractivity contribution in [2.24, 2.45) is 11.0 Å². The maximum atomic E-state index is 12.2. The first-order valence-electron chi connectivity index (χ1n) is 7.09. The van der Waals surface area contributed by atoms with Gasteiger partial charge in [0.25, 0.3) is 0 Å². The molecule has 1 atom stereocenters. The van der Waals surface area contributed by atoms with E-state index in [9.17, 15) is 4.79 Å². The lowest BCUT2D eigenvalue weighted by atomic mass is 9.85. The van der Waals surface area contributed by atoms with E-state index < -0.39 is 0 Å². The molecule has 0 aromatic heterocycles. The fourth-order valence-electron chi connectivity index (χ4n) is 2.88. The van der Waals surface area contributed by atoms with E-state index in [2.05, 4.69) is 21.4 Å². The van der Waals surface area contributed by atoms with Gasteiger partial charge in [-0.1, -0.05) is 11.2 Å². The second-order valence-corrected chi connectivity index (χ2v) is 5.09. The van der Waals surface area contributed by atoms with E-state index in [1.165, 1.54) is 25.0 Å². The molecule has 19 heavy (non-hydrogen) atoms. The minimum atomic E-state index is -0.00112. The first kappa shape index (κ1) is 13.7. The summed E-state index contributed by atoms with van der Waals surface area (Å²) in [5.74, 6) is 0.580. The number of nitrogens with zero attached hydrogens (tertiary/aromatic N) is 4. The molecule has 1 unspecified atom stereocenters. The van der Waals surface area contributed by atoms with Crippen LogP contribution in [0.1, 0.15) is 38.5 Å². The molecular weight excluding hydrogens is 242 g/mol. The lowest BCUT2D eigenvalue weighted by Gasteiger charge is -2.37. The van der Waals surface area contributed by atoms with Crippen LogP contribution in [0.4, 0.5) is 4.79 Å². The number of allylic oxidation sites excluding steroid dienone is 2. The summed E-state index contributed by atoms with van der Waals surface area (Å²) in [5.41, 5.74) is 9.39. The van der Waals surface area contributed by atoms with Gasteiger partial charge in [0.05, 0.1) is 0 Å². The molecule has 2 rings (SSSR count). The SMILES string of the molecule is [N-]=[N+]=NCCCNC(=O)N1CCCC2CCCC=C21. The van der Waals surface area contributed by atoms with Gasteiger partial charge >= 0.3 is 6.03 Å². The van der Waals surface area contributed by atoms with Gasteiger partial charge < -0.3 is 5.32 Å². The summed E-state index contributed by atoms with van der Waals surface area (Å²) in [7, 11) is 0. The number of hydrogen-bond acceptors (Lipinski definition) is 2. The predicted octanol–water partition coefficient (Wildman–Crippen LogP) is 3.18. The Hall–Kier alpha value is -1.68. The Morgan fingerprint density at radius 3 is 3.21 bits per heavy atom. The number of likely N-dealkylation sites (tertiary alicyclic amines) is 1. The highest BCUT2D eigenvalue weighted by Crippen LogP contribution is 2.34. The molecule has 0 bridgehead atoms. The monoisotopic (exact) mass is 263 g/mol. The highest BCUT2D eigenvalue weighted by molar-refractivity contribution is 5.76. The Kier molecular flexibility index (Phi) is 5.10. The number of urea groups is 1. The summed E-state index contributed by atoms with van der Waals surface area (Å²) in [6.07, 6.45) is 8.77. The van der Waals surface area contributed by atoms with Gasteiger partial charge in [-0.3, -0.25) is 4.90 Å². The molecule has 0 aromatic rings. The quantitative estimate of drug-likeness (QED) is 0.359. The van der Waals surface area contributed by atoms with Gasteiger partial charge in [0.2, 0.25) is 0 Å². The number of carbonyl (C=O) groups is 1. The molecule has 1 saturated heterocycles. The molecule has 0 aromatic carbocycles. The molecule has 6 heteroatoms. The van der Waals surface area contributed by atoms with Crippen LogP contribution in [0.15, 0.2) is 16.9 Å². The Morgan fingerprint density at radius 1 is 1.53 bits per heavy atom. The number of azide groups is 1. The molecule has 1 fully saturated rings. The summed E-state index contributed by atoms with van der Waals surface area (Å²) in [4.78, 5) is 16.7. The van der Waals surface area contributed by atoms with Crippen molar-refractivity contribution in [1.82, 2.24) is 10.2 Å². The maximum absolute atomic E-state index is 12.2. The third-order valence-electron chi connectivity index (χ3n) is 3.79. The van der Waals surface area contributed by atoms with Crippen molar-refractivity contribution in [3.05, 3.63) is 22.2 Å². The summed E-state index contributed by atoms with van der Waals surface area (Å²) < 4.78 is 0. The minimum absolute atomic E-state index is 0.00112. The predicted molar refractivity (Wildman–Crippen MR) is 73.4 cm³/mol. The molecule has 0 saturated carbocycles. The van der Waals surface area contributed by atoms with Gasteiger partial charge in [-0.05, 0) is 50.0 Å². The van der Waals surface area contributed by atoms with Gasteiger partial charge in [-0.15, -0.1) is 0 Å². The lowest BCUT2D eigenvalue weighted by molar-refractivity contribution is 0.188. The summed E-state index contributed by atoms with van der Waals surface area (Å²) in [5, 5.41) is 6.36. The molecule has 0 radical (unpaired) electrons. The van der Waals surface area contributed by atoms with Gasteiger partial charge in [-0.25, -0.2) is 4.79 Å². The van der Waals surface area contributed by atoms with Crippen LogP contribution < -0.4 is 5.32 Å². The number of carbonyl (C=O) groups excluding carboxylic acids is 1. The van der Waals surface area contributed by atoms with E-state index in [4.69, 9.17) is 5.53 Å². The number of hydrogen-bond donors (Lipinski definition) is 1. The number of amides is 2. The zero-order valence-corrected chi connectivity index (χ0v) is 11.2. The van der Waals surface area contributed by atoms with E-state index in [0.717, 1.165) is 19.4 Å². The maximum Gasteiger partial charge on any atom is 0.321 e. The topological polar surface area (TPSA) is 81.1 Å². The van der Waals surface area contributed by atoms with Gasteiger partial charge in [-0.2, -0.15) is 0 Å². The van der Waals surface area contributed by atoms with Crippen LogP contribution in [0.3, 0.4) is 0 Å². The largest absolute Gasteiger partial charge is 0.338 e. The van der Waals surface area contributed by atoms with Crippen molar-refractivity contribution in [3.8, 4) is 0 Å². The average Bonchev–Trinajstić information content (AvgIpc) is 2.46. The molecule has 1 heterocycles. The molecule has 0 spiro atoms. The smallest absolute Gasteiger partial charge is 0.321 e. The molecule has 6 nitrogen and oxygen atoms in total. The molecule has 2 amide bonds. The summed E-state index contributed by atoms with van der Waals surface area (Å²) in [6.45, 7) is 1.82. The Morgan fingerprint density at radius 2 is 2.37 bits per heavy atom. The minimum Gasteiger partial charge on any atom is -0.338 e. The number of fused-ring (bicyclic) bond motifs is 1. The van der Waals surface area contributed by atoms with Crippen molar-refractivity contribution in [2.45, 2.75) is 38.5 Å². The Bertz CT molecular complexity index is 400. The number of piperidine rings is 1. The van der Waals surface area contributed by atoms with Crippen molar-refractivity contribution < 1.29 is 4.79 Å². The van der Waals surface area contributed by atoms with Crippen molar-refractivity contribution in [3.63, 3.8) is 0 Å². The fourth-order valence-corrected chi connectivity index (χ4v) is 2.88. The first-order chi connectivity index (χ1) is 9.33. The molecule has 1 aliphatic heterocycles. The van der Waals surface area contributed by atoms with Crippen LogP contribution in [0.2, 0.25) is 0 Å². The summed E-state index contributed by atoms with van der Waals surface area (Å²) in [6, 6.07) is -0.00112. The zero-order chi connectivity index (χ0) is 13.5. The third kappa shape index (κ3) is 3.64. The second kappa shape index (κ2) is 7.04. The van der Waals surface area contributed by atoms with Crippen LogP contribution in [0.25, 0.3) is 10.4 Å². The normalized spacial score (nSPS) is 22.0. The Balaban J connectivity index is 1.83. The lowest BCUT2D eigenvalue weighted by Crippen LogP contribution is -2.44. The standard InChI is InChI=1S/C13H21N5O/c14-17-16-9-4-8-15-13(19)18-10-3-6-11-5-1-2-7-12(11)18/h7,11H,1-6,8-10H2,(H,15,19). The van der Waals surface area contributed by atoms with E-state index in [1.807, 2.05) is 4.90 Å². The molecule has 2 aliphatic rings. The van der Waals surface area contributed by atoms with E-state index in [-0.39, 0.29) is 6.03 Å². The molecule has 104 valence electrons. The van der Waals surface area contributed by atoms with Crippen LogP contribution in [0.5, 0.6) is 0 Å². The van der Waals surface area contributed by atoms with Crippen LogP contribution in [0, 0.1) is 5.92 Å². The fraction of sp³-hybridized carbons (Fsp3) is 0.769. The van der Waals surface area contributed by atoms with Crippen molar-refractivity contribution in [2.75, 3.05) is 19.6 Å². The summed E-state index contributed by atoms with van der Waals surface area (Å²) >= 11 is 0. The third-order valence-corrected chi connectivity index (χ3v) is 3.79. The van der Waals surface area contributed by atoms with Gasteiger partial charge in [0, 0.05) is 30.2 Å². The second-order valence-electron chi connectivity index (χ2n) is 5.09. The molecule has 1 aliphatic carbocycles.